The van der Waals surface area contributed by atoms with Gasteiger partial charge in [0.2, 0.25) is 0 Å². The molecule has 4 nitrogen and oxygen atoms in total. The molecule has 0 aliphatic heterocycles. The van der Waals surface area contributed by atoms with Gasteiger partial charge in [-0.05, 0) is 202 Å². The lowest BCUT2D eigenvalue weighted by Crippen LogP contribution is -2.27. The third kappa shape index (κ3) is 8.81. The SMILES string of the molecule is Cc1cc(C)cc(-c2ccc(N(c3ccc(C(C)(C)C)cc3)c3cc4c(c5oc6ccccc6c35)-c3c(cc(N(c5ccc(-c6cc(C)cc(C)c6)cc5)c5ccc(C(C)(C)C)cc5)c5c3oc3ccccc35)C43c4ccc(F)cc4-c4ccc(F)cc43)cc2)c1. The first-order chi connectivity index (χ1) is 43.8. The summed E-state index contributed by atoms with van der Waals surface area (Å²) in [4.78, 5) is 4.72. The van der Waals surface area contributed by atoms with E-state index < -0.39 is 11.2 Å². The number of benzene rings is 12. The van der Waals surface area contributed by atoms with Crippen LogP contribution in [0.2, 0.25) is 0 Å². The van der Waals surface area contributed by atoms with Crippen molar-refractivity contribution in [2.45, 2.75) is 85.5 Å². The predicted octanol–water partition coefficient (Wildman–Crippen LogP) is 24.2. The van der Waals surface area contributed by atoms with E-state index in [9.17, 15) is 0 Å². The zero-order valence-electron chi connectivity index (χ0n) is 52.9. The van der Waals surface area contributed by atoms with Gasteiger partial charge in [0.25, 0.3) is 0 Å². The summed E-state index contributed by atoms with van der Waals surface area (Å²) >= 11 is 0. The van der Waals surface area contributed by atoms with Crippen LogP contribution in [0.3, 0.4) is 0 Å². The van der Waals surface area contributed by atoms with Crippen molar-refractivity contribution < 1.29 is 17.6 Å². The summed E-state index contributed by atoms with van der Waals surface area (Å²) in [5.74, 6) is -0.778. The zero-order valence-corrected chi connectivity index (χ0v) is 52.9. The molecule has 91 heavy (non-hydrogen) atoms. The number of hydrogen-bond acceptors (Lipinski definition) is 4. The van der Waals surface area contributed by atoms with Crippen molar-refractivity contribution in [3.8, 4) is 44.5 Å². The summed E-state index contributed by atoms with van der Waals surface area (Å²) in [5, 5.41) is 3.69. The quantitative estimate of drug-likeness (QED) is 0.152. The molecule has 2 aromatic heterocycles. The second kappa shape index (κ2) is 20.4. The molecule has 444 valence electrons. The van der Waals surface area contributed by atoms with Gasteiger partial charge in [-0.25, -0.2) is 8.78 Å². The van der Waals surface area contributed by atoms with E-state index in [1.54, 1.807) is 18.2 Å². The van der Waals surface area contributed by atoms with Crippen LogP contribution < -0.4 is 9.80 Å². The molecule has 1 spiro atoms. The minimum absolute atomic E-state index is 0.106. The molecule has 14 aromatic rings. The standard InChI is InChI=1S/C85H68F2N2O2/c1-49-39-50(2)42-55(41-49)53-19-29-61(30-20-53)88(63-33-23-57(24-34-63)83(5,6)7)73-47-71-79(81-77(73)66-15-11-13-17-75(66)90-81)80-72(85(71)69-38-28-59(86)45-68(69)65-37-27-60(87)46-70(65)85)48-74(78-67-16-12-14-18-76(67)91-82(78)80)89(64-35-25-58(26-36-64)84(8,9)10)62-31-21-54(22-32-62)56-43-51(3)40-52(4)44-56/h11-48H,1-10H3. The van der Waals surface area contributed by atoms with Gasteiger partial charge in [0.05, 0.1) is 27.6 Å². The second-order valence-corrected chi connectivity index (χ2v) is 27.5. The molecular formula is C85H68F2N2O2. The van der Waals surface area contributed by atoms with Gasteiger partial charge in [0, 0.05) is 44.6 Å². The molecule has 0 amide bonds. The van der Waals surface area contributed by atoms with Crippen molar-refractivity contribution in [1.29, 1.82) is 0 Å². The first-order valence-electron chi connectivity index (χ1n) is 31.6. The predicted molar refractivity (Wildman–Crippen MR) is 374 cm³/mol. The summed E-state index contributed by atoms with van der Waals surface area (Å²) in [6.07, 6.45) is 0. The Kier molecular flexibility index (Phi) is 12.5. The maximum atomic E-state index is 17.0. The van der Waals surface area contributed by atoms with Gasteiger partial charge in [-0.1, -0.05) is 197 Å². The van der Waals surface area contributed by atoms with Gasteiger partial charge in [-0.2, -0.15) is 0 Å². The Hall–Kier alpha value is -10.3. The summed E-state index contributed by atoms with van der Waals surface area (Å²) in [6, 6.07) is 80.4. The molecule has 0 saturated heterocycles. The third-order valence-electron chi connectivity index (χ3n) is 19.2. The number of halogens is 2. The highest BCUT2D eigenvalue weighted by Gasteiger charge is 2.55. The average Bonchev–Trinajstić information content (AvgIpc) is 1.49. The Morgan fingerprint density at radius 3 is 1.14 bits per heavy atom. The van der Waals surface area contributed by atoms with Crippen molar-refractivity contribution in [2.75, 3.05) is 9.80 Å². The highest BCUT2D eigenvalue weighted by molar-refractivity contribution is 6.25. The normalized spacial score (nSPS) is 13.1. The van der Waals surface area contributed by atoms with Gasteiger partial charge in [0.15, 0.2) is 0 Å². The molecule has 12 aromatic carbocycles. The molecule has 0 saturated carbocycles. The highest BCUT2D eigenvalue weighted by atomic mass is 19.1. The highest BCUT2D eigenvalue weighted by Crippen LogP contribution is 2.68. The maximum Gasteiger partial charge on any atom is 0.145 e. The van der Waals surface area contributed by atoms with Crippen LogP contribution in [0.4, 0.5) is 42.9 Å². The molecular weight excluding hydrogens is 1120 g/mol. The van der Waals surface area contributed by atoms with E-state index in [1.807, 2.05) is 36.4 Å². The first-order valence-corrected chi connectivity index (χ1v) is 31.6. The van der Waals surface area contributed by atoms with Crippen molar-refractivity contribution in [1.82, 2.24) is 0 Å². The third-order valence-corrected chi connectivity index (χ3v) is 19.2. The van der Waals surface area contributed by atoms with Crippen LogP contribution in [-0.4, -0.2) is 0 Å². The number of rotatable bonds is 8. The first kappa shape index (κ1) is 56.0. The summed E-state index contributed by atoms with van der Waals surface area (Å²) in [6.45, 7) is 22.0. The minimum atomic E-state index is -1.28. The zero-order chi connectivity index (χ0) is 62.6. The average molecular weight is 1190 g/mol. The molecule has 6 heteroatoms. The van der Waals surface area contributed by atoms with E-state index in [0.29, 0.717) is 22.3 Å². The Morgan fingerprint density at radius 1 is 0.341 bits per heavy atom. The number of aryl methyl sites for hydroxylation is 4. The van der Waals surface area contributed by atoms with Gasteiger partial charge >= 0.3 is 0 Å². The summed E-state index contributed by atoms with van der Waals surface area (Å²) in [5.41, 5.74) is 24.9. The van der Waals surface area contributed by atoms with Crippen LogP contribution >= 0.6 is 0 Å². The Morgan fingerprint density at radius 2 is 0.725 bits per heavy atom. The van der Waals surface area contributed by atoms with Gasteiger partial charge in [-0.3, -0.25) is 0 Å². The molecule has 0 radical (unpaired) electrons. The summed E-state index contributed by atoms with van der Waals surface area (Å²) < 4.78 is 48.5. The van der Waals surface area contributed by atoms with Crippen molar-refractivity contribution in [3.63, 3.8) is 0 Å². The fourth-order valence-electron chi connectivity index (χ4n) is 15.2. The topological polar surface area (TPSA) is 32.8 Å². The lowest BCUT2D eigenvalue weighted by Gasteiger charge is -2.34. The van der Waals surface area contributed by atoms with Crippen LogP contribution in [-0.2, 0) is 16.2 Å². The molecule has 2 aliphatic carbocycles. The van der Waals surface area contributed by atoms with Crippen molar-refractivity contribution in [2.24, 2.45) is 0 Å². The molecule has 0 unspecified atom stereocenters. The number of fused-ring (bicyclic) bond motifs is 18. The van der Waals surface area contributed by atoms with Crippen LogP contribution in [0.25, 0.3) is 88.4 Å². The van der Waals surface area contributed by atoms with E-state index in [0.717, 1.165) is 122 Å². The van der Waals surface area contributed by atoms with E-state index in [2.05, 4.69) is 249 Å². The molecule has 0 N–H and O–H groups in total. The minimum Gasteiger partial charge on any atom is -0.455 e. The fraction of sp³-hybridized carbons (Fsp3) is 0.153. The number of anilines is 6. The summed E-state index contributed by atoms with van der Waals surface area (Å²) in [7, 11) is 0. The van der Waals surface area contributed by atoms with Gasteiger partial charge in [0.1, 0.15) is 34.0 Å². The molecule has 2 heterocycles. The van der Waals surface area contributed by atoms with Crippen LogP contribution in [0.15, 0.2) is 239 Å². The van der Waals surface area contributed by atoms with Gasteiger partial charge < -0.3 is 18.6 Å². The monoisotopic (exact) mass is 1190 g/mol. The van der Waals surface area contributed by atoms with Crippen LogP contribution in [0.5, 0.6) is 0 Å². The lowest BCUT2D eigenvalue weighted by molar-refractivity contribution is 0.590. The number of hydrogen-bond donors (Lipinski definition) is 0. The van der Waals surface area contributed by atoms with Crippen molar-refractivity contribution >= 4 is 78.0 Å². The largest absolute Gasteiger partial charge is 0.455 e. The molecule has 0 fully saturated rings. The Balaban J connectivity index is 1.05. The van der Waals surface area contributed by atoms with E-state index in [4.69, 9.17) is 8.83 Å². The van der Waals surface area contributed by atoms with Crippen LogP contribution in [0, 0.1) is 39.3 Å². The molecule has 2 aliphatic rings. The van der Waals surface area contributed by atoms with Crippen molar-refractivity contribution in [3.05, 3.63) is 298 Å². The second-order valence-electron chi connectivity index (χ2n) is 27.5. The Bertz CT molecular complexity index is 4980. The van der Waals surface area contributed by atoms with Crippen LogP contribution in [0.1, 0.15) is 97.2 Å². The number of furan rings is 2. The van der Waals surface area contributed by atoms with Gasteiger partial charge in [-0.15, -0.1) is 0 Å². The molecule has 0 bridgehead atoms. The van der Waals surface area contributed by atoms with E-state index >= 15 is 8.78 Å². The lowest BCUT2D eigenvalue weighted by atomic mass is 9.70. The Labute approximate surface area is 530 Å². The number of para-hydroxylation sites is 2. The fourth-order valence-corrected chi connectivity index (χ4v) is 15.2. The molecule has 0 atom stereocenters. The van der Waals surface area contributed by atoms with E-state index in [-0.39, 0.29) is 16.6 Å². The molecule has 16 rings (SSSR count). The smallest absolute Gasteiger partial charge is 0.145 e. The van der Waals surface area contributed by atoms with E-state index in [1.165, 1.54) is 39.4 Å². The maximum absolute atomic E-state index is 17.0. The number of nitrogens with zero attached hydrogens (tertiary/aromatic N) is 2.